The SMILES string of the molecule is COC[n+]1c(N(C)S(C)(=O)=O)nc(C(C)C)c(/C=C/C(O)C[C@@H](O)CC(=O)O)c1-c1ccc(F)cc1. The third kappa shape index (κ3) is 7.53. The van der Waals surface area contributed by atoms with Gasteiger partial charge in [0, 0.05) is 25.0 Å². The highest BCUT2D eigenvalue weighted by molar-refractivity contribution is 7.92. The number of rotatable bonds is 12. The predicted octanol–water partition coefficient (Wildman–Crippen LogP) is 1.90. The molecule has 198 valence electrons. The zero-order valence-electron chi connectivity index (χ0n) is 20.9. The van der Waals surface area contributed by atoms with Gasteiger partial charge in [-0.15, -0.1) is 0 Å². The molecule has 1 aromatic heterocycles. The second kappa shape index (κ2) is 12.3. The minimum Gasteiger partial charge on any atom is -0.481 e. The lowest BCUT2D eigenvalue weighted by atomic mass is 9.96. The number of aliphatic hydroxyl groups is 2. The van der Waals surface area contributed by atoms with Gasteiger partial charge in [-0.2, -0.15) is 12.7 Å². The number of methoxy groups -OCH3 is 1. The molecule has 2 atom stereocenters. The van der Waals surface area contributed by atoms with E-state index in [0.717, 1.165) is 10.6 Å². The minimum absolute atomic E-state index is 0.0805. The lowest BCUT2D eigenvalue weighted by Crippen LogP contribution is -2.47. The van der Waals surface area contributed by atoms with Crippen molar-refractivity contribution < 1.29 is 42.2 Å². The molecular formula is C24H33FN3O7S+. The zero-order valence-corrected chi connectivity index (χ0v) is 21.7. The zero-order chi connectivity index (χ0) is 27.2. The summed E-state index contributed by atoms with van der Waals surface area (Å²) in [5.74, 6) is -1.75. The summed E-state index contributed by atoms with van der Waals surface area (Å²) in [6.07, 6.45) is 0.899. The second-order valence-electron chi connectivity index (χ2n) is 8.71. The maximum atomic E-state index is 13.7. The topological polar surface area (TPSA) is 141 Å². The summed E-state index contributed by atoms with van der Waals surface area (Å²) in [4.78, 5) is 15.5. The van der Waals surface area contributed by atoms with E-state index in [9.17, 15) is 27.8 Å². The van der Waals surface area contributed by atoms with Gasteiger partial charge in [-0.25, -0.2) is 8.96 Å². The molecule has 3 N–H and O–H groups in total. The van der Waals surface area contributed by atoms with Crippen molar-refractivity contribution in [2.45, 2.75) is 51.5 Å². The van der Waals surface area contributed by atoms with Crippen LogP contribution in [0.15, 0.2) is 30.3 Å². The number of anilines is 1. The molecule has 1 aromatic carbocycles. The van der Waals surface area contributed by atoms with Crippen molar-refractivity contribution >= 4 is 28.0 Å². The average molecular weight is 527 g/mol. The predicted molar refractivity (Wildman–Crippen MR) is 132 cm³/mol. The van der Waals surface area contributed by atoms with E-state index in [2.05, 4.69) is 4.98 Å². The first-order valence-electron chi connectivity index (χ1n) is 11.2. The molecule has 2 aromatic rings. The fraction of sp³-hybridized carbons (Fsp3) is 0.458. The van der Waals surface area contributed by atoms with E-state index in [0.29, 0.717) is 22.5 Å². The van der Waals surface area contributed by atoms with Crippen molar-refractivity contribution in [3.8, 4) is 11.3 Å². The molecule has 12 heteroatoms. The molecule has 10 nitrogen and oxygen atoms in total. The number of benzene rings is 1. The molecule has 0 spiro atoms. The van der Waals surface area contributed by atoms with Gasteiger partial charge in [0.25, 0.3) is 10.0 Å². The quantitative estimate of drug-likeness (QED) is 0.356. The first-order valence-corrected chi connectivity index (χ1v) is 13.0. The number of aromatic nitrogens is 2. The van der Waals surface area contributed by atoms with Crippen molar-refractivity contribution in [2.24, 2.45) is 0 Å². The Hall–Kier alpha value is -2.93. The highest BCUT2D eigenvalue weighted by atomic mass is 32.2. The molecule has 0 radical (unpaired) electrons. The lowest BCUT2D eigenvalue weighted by Gasteiger charge is -2.20. The largest absolute Gasteiger partial charge is 0.481 e. The van der Waals surface area contributed by atoms with E-state index in [1.165, 1.54) is 49.1 Å². The molecule has 0 amide bonds. The van der Waals surface area contributed by atoms with Gasteiger partial charge in [-0.3, -0.25) is 4.79 Å². The van der Waals surface area contributed by atoms with Crippen molar-refractivity contribution in [3.63, 3.8) is 0 Å². The van der Waals surface area contributed by atoms with Crippen LogP contribution in [-0.2, 0) is 26.3 Å². The third-order valence-corrected chi connectivity index (χ3v) is 6.53. The van der Waals surface area contributed by atoms with Crippen LogP contribution in [0, 0.1) is 5.82 Å². The summed E-state index contributed by atoms with van der Waals surface area (Å²) < 4.78 is 46.5. The summed E-state index contributed by atoms with van der Waals surface area (Å²) in [6, 6.07) is 5.62. The first kappa shape index (κ1) is 29.3. The van der Waals surface area contributed by atoms with Gasteiger partial charge in [-0.1, -0.05) is 24.9 Å². The number of aliphatic carboxylic acids is 1. The Morgan fingerprint density at radius 2 is 1.86 bits per heavy atom. The van der Waals surface area contributed by atoms with E-state index in [1.807, 2.05) is 13.8 Å². The Morgan fingerprint density at radius 1 is 1.25 bits per heavy atom. The molecule has 0 saturated carbocycles. The van der Waals surface area contributed by atoms with Crippen LogP contribution in [0.1, 0.15) is 43.9 Å². The normalized spacial score (nSPS) is 13.8. The number of halogens is 1. The molecule has 1 heterocycles. The summed E-state index contributed by atoms with van der Waals surface area (Å²) in [5.41, 5.74) is 2.03. The Bertz CT molecular complexity index is 1200. The van der Waals surface area contributed by atoms with Crippen molar-refractivity contribution in [1.82, 2.24) is 4.98 Å². The van der Waals surface area contributed by atoms with E-state index < -0.39 is 40.4 Å². The van der Waals surface area contributed by atoms with E-state index >= 15 is 0 Å². The maximum Gasteiger partial charge on any atom is 0.411 e. The van der Waals surface area contributed by atoms with Crippen LogP contribution in [0.25, 0.3) is 17.3 Å². The van der Waals surface area contributed by atoms with Gasteiger partial charge >= 0.3 is 11.9 Å². The molecule has 1 unspecified atom stereocenters. The van der Waals surface area contributed by atoms with Gasteiger partial charge < -0.3 is 20.1 Å². The molecule has 0 fully saturated rings. The molecule has 36 heavy (non-hydrogen) atoms. The average Bonchev–Trinajstić information content (AvgIpc) is 2.76. The number of hydrogen-bond donors (Lipinski definition) is 3. The Labute approximate surface area is 210 Å². The molecule has 0 aliphatic heterocycles. The Kier molecular flexibility index (Phi) is 10.1. The number of carboxylic acids is 1. The number of carbonyl (C=O) groups is 1. The Balaban J connectivity index is 2.82. The van der Waals surface area contributed by atoms with Gasteiger partial charge in [0.15, 0.2) is 6.73 Å². The number of nitrogens with zero attached hydrogens (tertiary/aromatic N) is 3. The third-order valence-electron chi connectivity index (χ3n) is 5.37. The number of carboxylic acid groups (broad SMARTS) is 1. The second-order valence-corrected chi connectivity index (χ2v) is 10.7. The standard InChI is InChI=1S/C24H32FN3O7S/c1-15(2)22-20(11-10-18(29)12-19(30)13-21(31)32)23(16-6-8-17(25)9-7-16)28(14-35-4)24(26-22)27(3)36(5,33)34/h6-11,15,18-19,29-30H,12-14H2,1-5H3/p+1/b11-10+/t18?,19-/m1/s1. The van der Waals surface area contributed by atoms with E-state index in [4.69, 9.17) is 9.84 Å². The minimum atomic E-state index is -3.71. The molecule has 0 saturated heterocycles. The van der Waals surface area contributed by atoms with Crippen LogP contribution in [0.3, 0.4) is 0 Å². The van der Waals surface area contributed by atoms with Gasteiger partial charge in [0.05, 0.1) is 37.5 Å². The number of ether oxygens (including phenoxy) is 1. The summed E-state index contributed by atoms with van der Waals surface area (Å²) in [7, 11) is -0.904. The summed E-state index contributed by atoms with van der Waals surface area (Å²) >= 11 is 0. The summed E-state index contributed by atoms with van der Waals surface area (Å²) in [6.45, 7) is 3.64. The summed E-state index contributed by atoms with van der Waals surface area (Å²) in [5, 5.41) is 29.1. The van der Waals surface area contributed by atoms with Crippen LogP contribution < -0.4 is 8.87 Å². The monoisotopic (exact) mass is 526 g/mol. The molecule has 2 rings (SSSR count). The van der Waals surface area contributed by atoms with Gasteiger partial charge in [0.1, 0.15) is 17.2 Å². The van der Waals surface area contributed by atoms with Gasteiger partial charge in [0.2, 0.25) is 0 Å². The van der Waals surface area contributed by atoms with Crippen molar-refractivity contribution in [3.05, 3.63) is 47.4 Å². The highest BCUT2D eigenvalue weighted by Crippen LogP contribution is 2.31. The number of aliphatic hydroxyl groups excluding tert-OH is 2. The van der Waals surface area contributed by atoms with Crippen LogP contribution in [-0.4, -0.2) is 67.3 Å². The fourth-order valence-electron chi connectivity index (χ4n) is 3.61. The fourth-order valence-corrected chi connectivity index (χ4v) is 4.04. The highest BCUT2D eigenvalue weighted by Gasteiger charge is 2.33. The molecular weight excluding hydrogens is 493 g/mol. The van der Waals surface area contributed by atoms with Crippen LogP contribution in [0.5, 0.6) is 0 Å². The van der Waals surface area contributed by atoms with E-state index in [1.54, 1.807) is 6.08 Å². The first-order chi connectivity index (χ1) is 16.8. The molecule has 0 aliphatic rings. The van der Waals surface area contributed by atoms with Crippen LogP contribution in [0.2, 0.25) is 0 Å². The Morgan fingerprint density at radius 3 is 2.36 bits per heavy atom. The van der Waals surface area contributed by atoms with Crippen molar-refractivity contribution in [2.75, 3.05) is 24.7 Å². The van der Waals surface area contributed by atoms with Crippen LogP contribution in [0.4, 0.5) is 10.3 Å². The van der Waals surface area contributed by atoms with Gasteiger partial charge in [-0.05, 0) is 30.3 Å². The number of sulfonamides is 1. The van der Waals surface area contributed by atoms with E-state index in [-0.39, 0.29) is 25.0 Å². The lowest BCUT2D eigenvalue weighted by molar-refractivity contribution is -0.711. The van der Waals surface area contributed by atoms with Crippen LogP contribution >= 0.6 is 0 Å². The molecule has 0 aliphatic carbocycles. The smallest absolute Gasteiger partial charge is 0.411 e. The van der Waals surface area contributed by atoms with Crippen molar-refractivity contribution in [1.29, 1.82) is 0 Å². The molecule has 0 bridgehead atoms. The number of hydrogen-bond acceptors (Lipinski definition) is 7. The maximum absolute atomic E-state index is 13.7.